The molecule has 0 radical (unpaired) electrons. The van der Waals surface area contributed by atoms with Gasteiger partial charge in [-0.05, 0) is 49.9 Å². The summed E-state index contributed by atoms with van der Waals surface area (Å²) in [6.45, 7) is 4.70. The molecule has 0 heterocycles. The van der Waals surface area contributed by atoms with Crippen LogP contribution < -0.4 is 15.4 Å². The van der Waals surface area contributed by atoms with E-state index in [4.69, 9.17) is 4.74 Å². The van der Waals surface area contributed by atoms with Crippen molar-refractivity contribution in [2.45, 2.75) is 25.0 Å². The molecule has 1 unspecified atom stereocenters. The number of nitrogens with one attached hydrogen (secondary N) is 2. The summed E-state index contributed by atoms with van der Waals surface area (Å²) < 4.78 is 29.3. The molecule has 0 aliphatic heterocycles. The summed E-state index contributed by atoms with van der Waals surface area (Å²) in [6.07, 6.45) is 0.962. The van der Waals surface area contributed by atoms with E-state index in [-0.39, 0.29) is 29.1 Å². The lowest BCUT2D eigenvalue weighted by atomic mass is 10.2. The van der Waals surface area contributed by atoms with Crippen LogP contribution in [0.2, 0.25) is 0 Å². The van der Waals surface area contributed by atoms with Crippen LogP contribution in [-0.4, -0.2) is 33.4 Å². The van der Waals surface area contributed by atoms with Gasteiger partial charge >= 0.3 is 0 Å². The molecule has 0 saturated heterocycles. The highest BCUT2D eigenvalue weighted by Gasteiger charge is 2.18. The van der Waals surface area contributed by atoms with Crippen molar-refractivity contribution in [1.29, 1.82) is 0 Å². The number of carbonyl (C=O) groups is 1. The molecular weight excluding hydrogens is 376 g/mol. The fourth-order valence-corrected chi connectivity index (χ4v) is 3.21. The summed E-state index contributed by atoms with van der Waals surface area (Å²) in [5, 5.41) is 5.84. The van der Waals surface area contributed by atoms with Crippen LogP contribution in [0.4, 0.5) is 5.69 Å². The van der Waals surface area contributed by atoms with E-state index in [1.54, 1.807) is 36.4 Å². The second-order valence-corrected chi connectivity index (χ2v) is 7.55. The van der Waals surface area contributed by atoms with Crippen LogP contribution in [0.5, 0.6) is 5.75 Å². The first kappa shape index (κ1) is 22.0. The van der Waals surface area contributed by atoms with Crippen LogP contribution in [0.1, 0.15) is 24.2 Å². The van der Waals surface area contributed by atoms with Gasteiger partial charge in [0.2, 0.25) is 0 Å². The third kappa shape index (κ3) is 6.01. The van der Waals surface area contributed by atoms with E-state index < -0.39 is 15.7 Å². The van der Waals surface area contributed by atoms with Gasteiger partial charge < -0.3 is 10.1 Å². The highest BCUT2D eigenvalue weighted by molar-refractivity contribution is 7.90. The Morgan fingerprint density at radius 2 is 1.73 bits per heavy atom. The predicted octanol–water partition coefficient (Wildman–Crippen LogP) is 3.10. The van der Waals surface area contributed by atoms with Crippen molar-refractivity contribution in [2.75, 3.05) is 18.1 Å². The SMILES string of the molecule is CCNC(C)Oc1ccc(NC(=O)c2ccccc2S(C)(=O)=O)cc1.Cl. The molecule has 142 valence electrons. The minimum Gasteiger partial charge on any atom is -0.476 e. The van der Waals surface area contributed by atoms with Gasteiger partial charge in [-0.3, -0.25) is 10.1 Å². The van der Waals surface area contributed by atoms with E-state index >= 15 is 0 Å². The van der Waals surface area contributed by atoms with Crippen molar-refractivity contribution in [3.8, 4) is 5.75 Å². The number of hydrogen-bond donors (Lipinski definition) is 2. The zero-order valence-electron chi connectivity index (χ0n) is 14.9. The van der Waals surface area contributed by atoms with E-state index in [9.17, 15) is 13.2 Å². The van der Waals surface area contributed by atoms with Gasteiger partial charge in [-0.1, -0.05) is 19.1 Å². The number of carbonyl (C=O) groups excluding carboxylic acids is 1. The van der Waals surface area contributed by atoms with Crippen LogP contribution in [0, 0.1) is 0 Å². The number of rotatable bonds is 7. The molecule has 2 aromatic carbocycles. The third-order valence-corrected chi connectivity index (χ3v) is 4.60. The lowest BCUT2D eigenvalue weighted by molar-refractivity contribution is 0.102. The van der Waals surface area contributed by atoms with Gasteiger partial charge in [-0.15, -0.1) is 12.4 Å². The molecule has 0 aromatic heterocycles. The van der Waals surface area contributed by atoms with Crippen LogP contribution in [-0.2, 0) is 9.84 Å². The third-order valence-electron chi connectivity index (χ3n) is 3.45. The maximum absolute atomic E-state index is 12.4. The molecule has 0 aliphatic rings. The van der Waals surface area contributed by atoms with Crippen LogP contribution in [0.3, 0.4) is 0 Å². The maximum Gasteiger partial charge on any atom is 0.256 e. The number of hydrogen-bond acceptors (Lipinski definition) is 5. The molecule has 1 atom stereocenters. The molecular formula is C18H23ClN2O4S. The minimum absolute atomic E-state index is 0. The lowest BCUT2D eigenvalue weighted by Gasteiger charge is -2.15. The van der Waals surface area contributed by atoms with Crippen molar-refractivity contribution in [1.82, 2.24) is 5.32 Å². The summed E-state index contributed by atoms with van der Waals surface area (Å²) in [5.41, 5.74) is 0.669. The normalized spacial score (nSPS) is 12.0. The topological polar surface area (TPSA) is 84.5 Å². The van der Waals surface area contributed by atoms with Gasteiger partial charge in [0, 0.05) is 11.9 Å². The van der Waals surface area contributed by atoms with Crippen molar-refractivity contribution in [3.05, 3.63) is 54.1 Å². The number of anilines is 1. The van der Waals surface area contributed by atoms with Crippen LogP contribution in [0.25, 0.3) is 0 Å². The molecule has 2 N–H and O–H groups in total. The molecule has 0 bridgehead atoms. The fourth-order valence-electron chi connectivity index (χ4n) is 2.33. The molecule has 0 aliphatic carbocycles. The van der Waals surface area contributed by atoms with Crippen molar-refractivity contribution in [2.24, 2.45) is 0 Å². The summed E-state index contributed by atoms with van der Waals surface area (Å²) in [4.78, 5) is 12.4. The molecule has 8 heteroatoms. The number of ether oxygens (including phenoxy) is 1. The average Bonchev–Trinajstić information content (AvgIpc) is 2.56. The molecule has 0 spiro atoms. The van der Waals surface area contributed by atoms with Crippen LogP contribution >= 0.6 is 12.4 Å². The Morgan fingerprint density at radius 1 is 1.12 bits per heavy atom. The minimum atomic E-state index is -3.48. The Balaban J connectivity index is 0.00000338. The Bertz CT molecular complexity index is 839. The van der Waals surface area contributed by atoms with E-state index in [0.717, 1.165) is 12.8 Å². The van der Waals surface area contributed by atoms with Gasteiger partial charge in [0.05, 0.1) is 10.5 Å². The van der Waals surface area contributed by atoms with E-state index in [1.165, 1.54) is 12.1 Å². The highest BCUT2D eigenvalue weighted by atomic mass is 35.5. The van der Waals surface area contributed by atoms with Gasteiger partial charge in [0.25, 0.3) is 5.91 Å². The van der Waals surface area contributed by atoms with Gasteiger partial charge in [0.1, 0.15) is 12.0 Å². The highest BCUT2D eigenvalue weighted by Crippen LogP contribution is 2.20. The Hall–Kier alpha value is -2.09. The van der Waals surface area contributed by atoms with Gasteiger partial charge in [-0.25, -0.2) is 8.42 Å². The summed E-state index contributed by atoms with van der Waals surface area (Å²) in [7, 11) is -3.48. The molecule has 2 aromatic rings. The van der Waals surface area contributed by atoms with E-state index in [1.807, 2.05) is 13.8 Å². The summed E-state index contributed by atoms with van der Waals surface area (Å²) in [6, 6.07) is 13.0. The van der Waals surface area contributed by atoms with Crippen molar-refractivity contribution >= 4 is 33.8 Å². The Kier molecular flexibility index (Phi) is 8.08. The molecule has 1 amide bonds. The number of sulfone groups is 1. The maximum atomic E-state index is 12.4. The fraction of sp³-hybridized carbons (Fsp3) is 0.278. The van der Waals surface area contributed by atoms with E-state index in [0.29, 0.717) is 11.4 Å². The van der Waals surface area contributed by atoms with E-state index in [2.05, 4.69) is 10.6 Å². The van der Waals surface area contributed by atoms with Gasteiger partial charge in [-0.2, -0.15) is 0 Å². The smallest absolute Gasteiger partial charge is 0.256 e. The largest absolute Gasteiger partial charge is 0.476 e. The quantitative estimate of drug-likeness (QED) is 0.700. The second-order valence-electron chi connectivity index (χ2n) is 5.56. The zero-order valence-corrected chi connectivity index (χ0v) is 16.5. The molecule has 2 rings (SSSR count). The van der Waals surface area contributed by atoms with Gasteiger partial charge in [0.15, 0.2) is 9.84 Å². The molecule has 26 heavy (non-hydrogen) atoms. The summed E-state index contributed by atoms with van der Waals surface area (Å²) in [5.74, 6) is 0.193. The standard InChI is InChI=1S/C18H22N2O4S.ClH/c1-4-19-13(2)24-15-11-9-14(10-12-15)20-18(21)16-7-5-6-8-17(16)25(3,22)23;/h5-13,19H,4H2,1-3H3,(H,20,21);1H. The second kappa shape index (κ2) is 9.56. The van der Waals surface area contributed by atoms with Crippen molar-refractivity contribution in [3.63, 3.8) is 0 Å². The molecule has 0 fully saturated rings. The Morgan fingerprint density at radius 3 is 2.31 bits per heavy atom. The number of halogens is 1. The number of amides is 1. The molecule has 6 nitrogen and oxygen atoms in total. The first-order valence-electron chi connectivity index (χ1n) is 7.92. The monoisotopic (exact) mass is 398 g/mol. The summed E-state index contributed by atoms with van der Waals surface area (Å²) >= 11 is 0. The Labute approximate surface area is 160 Å². The first-order chi connectivity index (χ1) is 11.8. The zero-order chi connectivity index (χ0) is 18.4. The van der Waals surface area contributed by atoms with Crippen molar-refractivity contribution < 1.29 is 17.9 Å². The lowest BCUT2D eigenvalue weighted by Crippen LogP contribution is -2.30. The molecule has 0 saturated carbocycles. The predicted molar refractivity (Wildman–Crippen MR) is 105 cm³/mol. The average molecular weight is 399 g/mol. The number of benzene rings is 2. The van der Waals surface area contributed by atoms with Crippen LogP contribution in [0.15, 0.2) is 53.4 Å². The first-order valence-corrected chi connectivity index (χ1v) is 9.81.